The van der Waals surface area contributed by atoms with Crippen molar-refractivity contribution in [2.24, 2.45) is 11.7 Å². The van der Waals surface area contributed by atoms with Crippen molar-refractivity contribution in [3.8, 4) is 5.75 Å². The number of benzene rings is 1. The summed E-state index contributed by atoms with van der Waals surface area (Å²) in [6.45, 7) is 1.05. The number of amides is 1. The molecule has 1 amide bonds. The molecule has 0 aliphatic heterocycles. The van der Waals surface area contributed by atoms with Gasteiger partial charge in [-0.05, 0) is 49.6 Å². The Labute approximate surface area is 142 Å². The van der Waals surface area contributed by atoms with Crippen LogP contribution >= 0.6 is 0 Å². The van der Waals surface area contributed by atoms with Crippen LogP contribution in [0.5, 0.6) is 5.75 Å². The molecule has 3 N–H and O–H groups in total. The summed E-state index contributed by atoms with van der Waals surface area (Å²) in [5.74, 6) is 0.999. The molecule has 1 aromatic heterocycles. The summed E-state index contributed by atoms with van der Waals surface area (Å²) in [6.07, 6.45) is 6.72. The highest BCUT2D eigenvalue weighted by Gasteiger charge is 2.27. The van der Waals surface area contributed by atoms with Gasteiger partial charge in [0.25, 0.3) is 5.91 Å². The molecule has 2 aromatic rings. The molecule has 1 saturated carbocycles. The second kappa shape index (κ2) is 7.93. The minimum Gasteiger partial charge on any atom is -0.489 e. The Morgan fingerprint density at radius 3 is 3.00 bits per heavy atom. The van der Waals surface area contributed by atoms with E-state index < -0.39 is 0 Å². The monoisotopic (exact) mass is 325 g/mol. The lowest BCUT2D eigenvalue weighted by Gasteiger charge is -2.19. The van der Waals surface area contributed by atoms with E-state index in [0.717, 1.165) is 24.8 Å². The fraction of sp³-hybridized carbons (Fsp3) is 0.368. The normalized spacial score (nSPS) is 19.9. The molecule has 0 saturated heterocycles. The third-order valence-corrected chi connectivity index (χ3v) is 4.50. The molecule has 0 spiro atoms. The number of hydrogen-bond acceptors (Lipinski definition) is 4. The lowest BCUT2D eigenvalue weighted by molar-refractivity contribution is 0.0928. The van der Waals surface area contributed by atoms with Gasteiger partial charge in [0, 0.05) is 29.6 Å². The summed E-state index contributed by atoms with van der Waals surface area (Å²) in [5.41, 5.74) is 7.38. The highest BCUT2D eigenvalue weighted by atomic mass is 16.5. The molecule has 1 aromatic carbocycles. The van der Waals surface area contributed by atoms with Gasteiger partial charge in [-0.1, -0.05) is 18.6 Å². The van der Waals surface area contributed by atoms with Crippen molar-refractivity contribution in [1.29, 1.82) is 0 Å². The molecular weight excluding hydrogens is 302 g/mol. The summed E-state index contributed by atoms with van der Waals surface area (Å²) in [4.78, 5) is 16.5. The molecular formula is C19H23N3O2. The maximum atomic E-state index is 12.5. The van der Waals surface area contributed by atoms with Crippen molar-refractivity contribution >= 4 is 5.91 Å². The Bertz CT molecular complexity index is 675. The molecule has 2 unspecified atom stereocenters. The summed E-state index contributed by atoms with van der Waals surface area (Å²) >= 11 is 0. The largest absolute Gasteiger partial charge is 0.489 e. The van der Waals surface area contributed by atoms with E-state index in [1.54, 1.807) is 24.5 Å². The van der Waals surface area contributed by atoms with Crippen LogP contribution < -0.4 is 15.8 Å². The Kier molecular flexibility index (Phi) is 5.43. The van der Waals surface area contributed by atoms with Crippen molar-refractivity contribution < 1.29 is 9.53 Å². The van der Waals surface area contributed by atoms with Crippen LogP contribution in [-0.4, -0.2) is 23.5 Å². The number of nitrogens with two attached hydrogens (primary N) is 1. The van der Waals surface area contributed by atoms with E-state index in [2.05, 4.69) is 10.3 Å². The van der Waals surface area contributed by atoms with Crippen LogP contribution in [-0.2, 0) is 6.61 Å². The minimum atomic E-state index is -0.0628. The minimum absolute atomic E-state index is 0.0628. The molecule has 24 heavy (non-hydrogen) atoms. The van der Waals surface area contributed by atoms with Crippen molar-refractivity contribution in [3.05, 3.63) is 59.9 Å². The van der Waals surface area contributed by atoms with Gasteiger partial charge in [-0.3, -0.25) is 9.78 Å². The predicted molar refractivity (Wildman–Crippen MR) is 92.7 cm³/mol. The first-order chi connectivity index (χ1) is 11.8. The Morgan fingerprint density at radius 1 is 1.29 bits per heavy atom. The van der Waals surface area contributed by atoms with E-state index in [4.69, 9.17) is 10.5 Å². The zero-order valence-corrected chi connectivity index (χ0v) is 13.7. The molecule has 2 atom stereocenters. The first kappa shape index (κ1) is 16.5. The number of aromatic nitrogens is 1. The van der Waals surface area contributed by atoms with Crippen LogP contribution in [0, 0.1) is 5.92 Å². The third kappa shape index (κ3) is 4.11. The molecule has 1 aliphatic rings. The van der Waals surface area contributed by atoms with Crippen LogP contribution in [0.2, 0.25) is 0 Å². The Hall–Kier alpha value is -2.40. The highest BCUT2D eigenvalue weighted by Crippen LogP contribution is 2.25. The van der Waals surface area contributed by atoms with Gasteiger partial charge in [-0.15, -0.1) is 0 Å². The van der Waals surface area contributed by atoms with Gasteiger partial charge in [0.1, 0.15) is 12.4 Å². The number of hydrogen-bond donors (Lipinski definition) is 2. The quantitative estimate of drug-likeness (QED) is 0.855. The van der Waals surface area contributed by atoms with Crippen molar-refractivity contribution in [1.82, 2.24) is 10.3 Å². The average Bonchev–Trinajstić information content (AvgIpc) is 3.08. The van der Waals surface area contributed by atoms with E-state index in [1.807, 2.05) is 24.3 Å². The predicted octanol–water partition coefficient (Wildman–Crippen LogP) is 2.52. The molecule has 0 radical (unpaired) electrons. The second-order valence-electron chi connectivity index (χ2n) is 6.18. The molecule has 1 heterocycles. The second-order valence-corrected chi connectivity index (χ2v) is 6.18. The number of carbonyl (C=O) groups excluding carboxylic acids is 1. The molecule has 126 valence electrons. The van der Waals surface area contributed by atoms with E-state index in [-0.39, 0.29) is 11.9 Å². The average molecular weight is 325 g/mol. The first-order valence-corrected chi connectivity index (χ1v) is 8.39. The summed E-state index contributed by atoms with van der Waals surface area (Å²) < 4.78 is 5.76. The van der Waals surface area contributed by atoms with Gasteiger partial charge in [-0.2, -0.15) is 0 Å². The zero-order valence-electron chi connectivity index (χ0n) is 13.7. The van der Waals surface area contributed by atoms with Crippen molar-refractivity contribution in [2.45, 2.75) is 31.9 Å². The fourth-order valence-corrected chi connectivity index (χ4v) is 3.14. The number of nitrogens with one attached hydrogen (secondary N) is 1. The smallest absolute Gasteiger partial charge is 0.251 e. The topological polar surface area (TPSA) is 77.2 Å². The summed E-state index contributed by atoms with van der Waals surface area (Å²) in [6, 6.07) is 11.3. The maximum Gasteiger partial charge on any atom is 0.251 e. The Balaban J connectivity index is 1.61. The van der Waals surface area contributed by atoms with Crippen LogP contribution in [0.25, 0.3) is 0 Å². The summed E-state index contributed by atoms with van der Waals surface area (Å²) in [7, 11) is 0. The molecule has 1 aliphatic carbocycles. The lowest BCUT2D eigenvalue weighted by Crippen LogP contribution is -2.39. The molecule has 1 fully saturated rings. The Morgan fingerprint density at radius 2 is 2.21 bits per heavy atom. The number of pyridine rings is 1. The number of rotatable bonds is 6. The van der Waals surface area contributed by atoms with Crippen molar-refractivity contribution in [2.75, 3.05) is 6.54 Å². The molecule has 5 heteroatoms. The molecule has 5 nitrogen and oxygen atoms in total. The van der Waals surface area contributed by atoms with Gasteiger partial charge in [0.05, 0.1) is 0 Å². The van der Waals surface area contributed by atoms with E-state index in [9.17, 15) is 4.79 Å². The number of carbonyl (C=O) groups is 1. The van der Waals surface area contributed by atoms with Crippen LogP contribution in [0.3, 0.4) is 0 Å². The van der Waals surface area contributed by atoms with Gasteiger partial charge in [0.2, 0.25) is 0 Å². The zero-order chi connectivity index (χ0) is 16.8. The van der Waals surface area contributed by atoms with Crippen LogP contribution in [0.15, 0.2) is 48.8 Å². The van der Waals surface area contributed by atoms with Crippen LogP contribution in [0.4, 0.5) is 0 Å². The van der Waals surface area contributed by atoms with E-state index in [0.29, 0.717) is 30.4 Å². The molecule has 3 rings (SSSR count). The van der Waals surface area contributed by atoms with Crippen LogP contribution in [0.1, 0.15) is 35.2 Å². The lowest BCUT2D eigenvalue weighted by atomic mass is 10.0. The van der Waals surface area contributed by atoms with Crippen molar-refractivity contribution in [3.63, 3.8) is 0 Å². The highest BCUT2D eigenvalue weighted by molar-refractivity contribution is 5.94. The van der Waals surface area contributed by atoms with Gasteiger partial charge >= 0.3 is 0 Å². The SMILES string of the molecule is NCC1CCCC1NC(=O)c1cccc(OCc2cccnc2)c1. The number of nitrogens with zero attached hydrogens (tertiary/aromatic N) is 1. The number of ether oxygens (including phenoxy) is 1. The van der Waals surface area contributed by atoms with Gasteiger partial charge in [0.15, 0.2) is 0 Å². The van der Waals surface area contributed by atoms with Gasteiger partial charge in [-0.25, -0.2) is 0 Å². The van der Waals surface area contributed by atoms with E-state index in [1.165, 1.54) is 0 Å². The molecule has 0 bridgehead atoms. The van der Waals surface area contributed by atoms with E-state index >= 15 is 0 Å². The summed E-state index contributed by atoms with van der Waals surface area (Å²) in [5, 5.41) is 3.11. The fourth-order valence-electron chi connectivity index (χ4n) is 3.14. The maximum absolute atomic E-state index is 12.5. The third-order valence-electron chi connectivity index (χ3n) is 4.50. The first-order valence-electron chi connectivity index (χ1n) is 8.39. The standard InChI is InChI=1S/C19H23N3O2/c20-11-16-6-2-8-18(16)22-19(23)15-5-1-7-17(10-15)24-13-14-4-3-9-21-12-14/h1,3-5,7,9-10,12,16,18H,2,6,8,11,13,20H2,(H,22,23). The van der Waals surface area contributed by atoms with Gasteiger partial charge < -0.3 is 15.8 Å².